The van der Waals surface area contributed by atoms with Crippen LogP contribution in [0, 0.1) is 0 Å². The molecule has 1 aliphatic rings. The average molecular weight is 297 g/mol. The van der Waals surface area contributed by atoms with Crippen molar-refractivity contribution in [2.45, 2.75) is 51.4 Å². The molecule has 0 bridgehead atoms. The Morgan fingerprint density at radius 3 is 2.00 bits per heavy atom. The smallest absolute Gasteiger partial charge is 0.265 e. The Kier molecular flexibility index (Phi) is 4.97. The van der Waals surface area contributed by atoms with Crippen molar-refractivity contribution in [1.29, 1.82) is 0 Å². The van der Waals surface area contributed by atoms with Crippen molar-refractivity contribution in [2.75, 3.05) is 0 Å². The number of ether oxygens (including phenoxy) is 1. The molecule has 0 spiro atoms. The van der Waals surface area contributed by atoms with Gasteiger partial charge in [0.05, 0.1) is 0 Å². The Hall–Kier alpha value is -1.36. The van der Waals surface area contributed by atoms with E-state index in [0.717, 1.165) is 12.8 Å². The first kappa shape index (κ1) is 16.7. The lowest BCUT2D eigenvalue weighted by atomic mass is 9.93. The Morgan fingerprint density at radius 1 is 1.10 bits per heavy atom. The van der Waals surface area contributed by atoms with Gasteiger partial charge in [-0.3, -0.25) is 0 Å². The number of aryl methyl sites for hydroxylation is 1. The van der Waals surface area contributed by atoms with E-state index in [2.05, 4.69) is 35.6 Å². The van der Waals surface area contributed by atoms with E-state index < -0.39 is 20.4 Å². The van der Waals surface area contributed by atoms with Gasteiger partial charge in [0, 0.05) is 0 Å². The van der Waals surface area contributed by atoms with Crippen LogP contribution in [-0.4, -0.2) is 25.2 Å². The van der Waals surface area contributed by atoms with E-state index in [1.54, 1.807) is 27.7 Å². The third-order valence-electron chi connectivity index (χ3n) is 3.88. The molecule has 0 saturated carbocycles. The lowest BCUT2D eigenvalue weighted by molar-refractivity contribution is 0.0632. The van der Waals surface area contributed by atoms with Gasteiger partial charge in [-0.25, -0.2) is 8.42 Å². The van der Waals surface area contributed by atoms with Crippen LogP contribution in [0.3, 0.4) is 0 Å². The van der Waals surface area contributed by atoms with Crippen LogP contribution in [0.1, 0.15) is 40.2 Å². The number of nitrogens with zero attached hydrogens (tertiary/aromatic N) is 1. The van der Waals surface area contributed by atoms with Crippen LogP contribution >= 0.6 is 0 Å². The minimum absolute atomic E-state index is 0.729. The van der Waals surface area contributed by atoms with Crippen molar-refractivity contribution in [3.8, 4) is 0 Å². The van der Waals surface area contributed by atoms with Crippen LogP contribution < -0.4 is 0 Å². The number of hydrogen-bond acceptors (Lipinski definition) is 3. The summed E-state index contributed by atoms with van der Waals surface area (Å²) in [4.78, 5) is 0. The Morgan fingerprint density at radius 2 is 1.65 bits per heavy atom. The normalized spacial score (nSPS) is 21.2. The van der Waals surface area contributed by atoms with E-state index in [-0.39, 0.29) is 0 Å². The maximum atomic E-state index is 11.4. The zero-order chi connectivity index (χ0) is 15.4. The lowest BCUT2D eigenvalue weighted by Gasteiger charge is -2.40. The van der Waals surface area contributed by atoms with Crippen molar-refractivity contribution in [3.63, 3.8) is 0 Å². The summed E-state index contributed by atoms with van der Waals surface area (Å²) in [7, 11) is -3.42. The summed E-state index contributed by atoms with van der Waals surface area (Å²) in [6.45, 7) is 8.85. The summed E-state index contributed by atoms with van der Waals surface area (Å²) in [5.74, 6) is 0. The third kappa shape index (κ3) is 3.39. The summed E-state index contributed by atoms with van der Waals surface area (Å²) in [5, 5.41) is 0. The molecule has 1 aliphatic heterocycles. The molecule has 1 heterocycles. The predicted molar refractivity (Wildman–Crippen MR) is 82.5 cm³/mol. The molecule has 5 heteroatoms. The Labute approximate surface area is 121 Å². The fraction of sp³-hybridized carbons (Fsp3) is 0.533. The molecule has 0 N–H and O–H groups in total. The number of sulfonamides is 1. The summed E-state index contributed by atoms with van der Waals surface area (Å²) in [6.07, 6.45) is 2.14. The molecule has 1 aromatic rings. The lowest BCUT2D eigenvalue weighted by Crippen LogP contribution is -2.54. The second kappa shape index (κ2) is 5.95. The molecule has 2 rings (SSSR count). The van der Waals surface area contributed by atoms with E-state index in [0.29, 0.717) is 0 Å². The van der Waals surface area contributed by atoms with Crippen LogP contribution in [0.2, 0.25) is 0 Å². The van der Waals surface area contributed by atoms with Gasteiger partial charge in [0.2, 0.25) is 0 Å². The van der Waals surface area contributed by atoms with Crippen molar-refractivity contribution < 1.29 is 13.2 Å². The molecule has 0 atom stereocenters. The van der Waals surface area contributed by atoms with Crippen molar-refractivity contribution >= 4 is 16.4 Å². The monoisotopic (exact) mass is 297 g/mol. The SMILES string of the molecule is CC1(C)OC=NS(=O)(=O)C1(C)C.CCc1ccccc1. The third-order valence-corrected chi connectivity index (χ3v) is 6.02. The maximum Gasteiger partial charge on any atom is 0.265 e. The minimum atomic E-state index is -3.42. The zero-order valence-electron chi connectivity index (χ0n) is 12.8. The van der Waals surface area contributed by atoms with Crippen LogP contribution in [0.15, 0.2) is 34.7 Å². The molecule has 1 aromatic carbocycles. The molecule has 112 valence electrons. The molecule has 0 saturated heterocycles. The summed E-state index contributed by atoms with van der Waals surface area (Å²) < 4.78 is 30.4. The van der Waals surface area contributed by atoms with Gasteiger partial charge in [-0.2, -0.15) is 0 Å². The molecule has 0 radical (unpaired) electrons. The van der Waals surface area contributed by atoms with Crippen LogP contribution in [0.25, 0.3) is 0 Å². The standard InChI is InChI=1S/C8H10.C7H13NO3S/c1-2-8-6-4-3-5-7-8;1-6(2)7(3,4)12(9,10)8-5-11-6/h3-7H,2H2,1H3;5H,1-4H3. The average Bonchev–Trinajstić information content (AvgIpc) is 2.38. The minimum Gasteiger partial charge on any atom is -0.475 e. The number of benzene rings is 1. The molecule has 0 fully saturated rings. The molecule has 4 nitrogen and oxygen atoms in total. The van der Waals surface area contributed by atoms with Gasteiger partial charge in [0.25, 0.3) is 10.0 Å². The Bertz CT molecular complexity index is 560. The fourth-order valence-electron chi connectivity index (χ4n) is 1.51. The molecule has 0 aliphatic carbocycles. The first-order chi connectivity index (χ1) is 9.14. The van der Waals surface area contributed by atoms with Crippen molar-refractivity contribution in [3.05, 3.63) is 35.9 Å². The van der Waals surface area contributed by atoms with E-state index in [1.807, 2.05) is 6.07 Å². The summed E-state index contributed by atoms with van der Waals surface area (Å²) >= 11 is 0. The highest BCUT2D eigenvalue weighted by atomic mass is 32.2. The highest BCUT2D eigenvalue weighted by Crippen LogP contribution is 2.35. The number of hydrogen-bond donors (Lipinski definition) is 0. The van der Waals surface area contributed by atoms with Gasteiger partial charge in [-0.15, -0.1) is 4.40 Å². The summed E-state index contributed by atoms with van der Waals surface area (Å²) in [5.41, 5.74) is 0.681. The number of rotatable bonds is 1. The molecular formula is C15H23NO3S. The van der Waals surface area contributed by atoms with E-state index in [9.17, 15) is 8.42 Å². The van der Waals surface area contributed by atoms with E-state index >= 15 is 0 Å². The maximum absolute atomic E-state index is 11.4. The van der Waals surface area contributed by atoms with Gasteiger partial charge < -0.3 is 4.74 Å². The van der Waals surface area contributed by atoms with Crippen LogP contribution in [0.5, 0.6) is 0 Å². The van der Waals surface area contributed by atoms with Crippen molar-refractivity contribution in [2.24, 2.45) is 4.40 Å². The predicted octanol–water partition coefficient (Wildman–Crippen LogP) is 3.18. The van der Waals surface area contributed by atoms with Gasteiger partial charge in [-0.05, 0) is 39.7 Å². The Balaban J connectivity index is 0.000000217. The van der Waals surface area contributed by atoms with Crippen molar-refractivity contribution in [1.82, 2.24) is 0 Å². The van der Waals surface area contributed by atoms with E-state index in [4.69, 9.17) is 4.74 Å². The second-order valence-corrected chi connectivity index (χ2v) is 7.85. The first-order valence-electron chi connectivity index (χ1n) is 6.64. The van der Waals surface area contributed by atoms with Crippen LogP contribution in [0.4, 0.5) is 0 Å². The van der Waals surface area contributed by atoms with Crippen LogP contribution in [-0.2, 0) is 21.2 Å². The highest BCUT2D eigenvalue weighted by molar-refractivity contribution is 7.91. The van der Waals surface area contributed by atoms with Gasteiger partial charge in [0.1, 0.15) is 10.3 Å². The molecule has 0 unspecified atom stereocenters. The first-order valence-corrected chi connectivity index (χ1v) is 8.08. The quantitative estimate of drug-likeness (QED) is 0.800. The molecular weight excluding hydrogens is 274 g/mol. The largest absolute Gasteiger partial charge is 0.475 e. The molecule has 20 heavy (non-hydrogen) atoms. The zero-order valence-corrected chi connectivity index (χ0v) is 13.6. The molecule has 0 amide bonds. The van der Waals surface area contributed by atoms with Gasteiger partial charge in [-0.1, -0.05) is 37.3 Å². The fourth-order valence-corrected chi connectivity index (χ4v) is 2.60. The molecule has 0 aromatic heterocycles. The second-order valence-electron chi connectivity index (χ2n) is 5.66. The van der Waals surface area contributed by atoms with Gasteiger partial charge in [0.15, 0.2) is 6.40 Å². The van der Waals surface area contributed by atoms with E-state index in [1.165, 1.54) is 5.56 Å². The topological polar surface area (TPSA) is 55.7 Å². The highest BCUT2D eigenvalue weighted by Gasteiger charge is 2.51. The summed E-state index contributed by atoms with van der Waals surface area (Å²) in [6, 6.07) is 10.5. The van der Waals surface area contributed by atoms with Gasteiger partial charge >= 0.3 is 0 Å².